The van der Waals surface area contributed by atoms with Gasteiger partial charge in [-0.15, -0.1) is 0 Å². The number of hydrogen-bond donors (Lipinski definition) is 2. The summed E-state index contributed by atoms with van der Waals surface area (Å²) < 4.78 is 0. The lowest BCUT2D eigenvalue weighted by molar-refractivity contribution is -0.142. The minimum absolute atomic E-state index is 0.235. The van der Waals surface area contributed by atoms with Crippen molar-refractivity contribution in [3.8, 4) is 0 Å². The van der Waals surface area contributed by atoms with Gasteiger partial charge >= 0.3 is 11.8 Å². The maximum atomic E-state index is 11.9. The lowest BCUT2D eigenvalue weighted by Crippen LogP contribution is -2.38. The molecule has 5 nitrogen and oxygen atoms in total. The lowest BCUT2D eigenvalue weighted by atomic mass is 10.1. The highest BCUT2D eigenvalue weighted by Gasteiger charge is 2.29. The van der Waals surface area contributed by atoms with Crippen LogP contribution in [0, 0.1) is 13.8 Å². The molecule has 5 heteroatoms. The van der Waals surface area contributed by atoms with Crippen LogP contribution in [0.5, 0.6) is 0 Å². The molecule has 1 aromatic carbocycles. The largest absolute Gasteiger partial charge is 0.391 e. The number of benzene rings is 1. The highest BCUT2D eigenvalue weighted by atomic mass is 16.3. The van der Waals surface area contributed by atoms with Crippen LogP contribution >= 0.6 is 0 Å². The second-order valence-corrected chi connectivity index (χ2v) is 4.97. The van der Waals surface area contributed by atoms with Crippen molar-refractivity contribution in [2.75, 3.05) is 18.4 Å². The number of likely N-dealkylation sites (tertiary alicyclic amines) is 1. The van der Waals surface area contributed by atoms with Crippen molar-refractivity contribution in [2.24, 2.45) is 0 Å². The van der Waals surface area contributed by atoms with Crippen molar-refractivity contribution in [3.05, 3.63) is 29.3 Å². The summed E-state index contributed by atoms with van der Waals surface area (Å²) in [4.78, 5) is 25.2. The molecule has 0 aromatic heterocycles. The Hall–Kier alpha value is -1.88. The summed E-state index contributed by atoms with van der Waals surface area (Å²) in [5.41, 5.74) is 2.58. The maximum absolute atomic E-state index is 11.9. The summed E-state index contributed by atoms with van der Waals surface area (Å²) in [6, 6.07) is 5.68. The third-order valence-corrected chi connectivity index (χ3v) is 3.29. The Bertz CT molecular complexity index is 513. The molecular weight excluding hydrogens is 244 g/mol. The molecule has 0 radical (unpaired) electrons. The molecular formula is C14H18N2O3. The van der Waals surface area contributed by atoms with E-state index in [1.165, 1.54) is 4.90 Å². The van der Waals surface area contributed by atoms with E-state index in [0.717, 1.165) is 11.1 Å². The zero-order valence-electron chi connectivity index (χ0n) is 11.1. The van der Waals surface area contributed by atoms with Gasteiger partial charge < -0.3 is 15.3 Å². The van der Waals surface area contributed by atoms with Gasteiger partial charge in [-0.2, -0.15) is 0 Å². The predicted octanol–water partition coefficient (Wildman–Crippen LogP) is 0.835. The Labute approximate surface area is 112 Å². The first-order valence-electron chi connectivity index (χ1n) is 6.33. The first kappa shape index (κ1) is 13.5. The van der Waals surface area contributed by atoms with Crippen LogP contribution in [0.15, 0.2) is 18.2 Å². The molecule has 2 N–H and O–H groups in total. The van der Waals surface area contributed by atoms with E-state index >= 15 is 0 Å². The number of aliphatic hydroxyl groups excluding tert-OH is 1. The van der Waals surface area contributed by atoms with Crippen LogP contribution in [0.2, 0.25) is 0 Å². The summed E-state index contributed by atoms with van der Waals surface area (Å²) in [6.07, 6.45) is 0.0140. The number of rotatable bonds is 1. The highest BCUT2D eigenvalue weighted by molar-refractivity contribution is 6.39. The third kappa shape index (κ3) is 3.12. The molecule has 1 aromatic rings. The number of amides is 2. The van der Waals surface area contributed by atoms with Crippen LogP contribution in [0.1, 0.15) is 17.5 Å². The highest BCUT2D eigenvalue weighted by Crippen LogP contribution is 2.17. The zero-order valence-corrected chi connectivity index (χ0v) is 11.1. The van der Waals surface area contributed by atoms with E-state index in [0.29, 0.717) is 18.7 Å². The van der Waals surface area contributed by atoms with Crippen molar-refractivity contribution in [2.45, 2.75) is 26.4 Å². The quantitative estimate of drug-likeness (QED) is 0.737. The van der Waals surface area contributed by atoms with Gasteiger partial charge in [-0.05, 0) is 37.5 Å². The smallest absolute Gasteiger partial charge is 0.313 e. The zero-order chi connectivity index (χ0) is 14.0. The number of aliphatic hydroxyl groups is 1. The normalized spacial score (nSPS) is 18.5. The number of carbonyl (C=O) groups excluding carboxylic acids is 2. The molecule has 102 valence electrons. The molecule has 2 rings (SSSR count). The molecule has 1 aliphatic rings. The van der Waals surface area contributed by atoms with Gasteiger partial charge in [0.2, 0.25) is 0 Å². The minimum Gasteiger partial charge on any atom is -0.391 e. The Morgan fingerprint density at radius 3 is 2.74 bits per heavy atom. The van der Waals surface area contributed by atoms with Gasteiger partial charge in [-0.1, -0.05) is 12.1 Å². The fraction of sp³-hybridized carbons (Fsp3) is 0.429. The third-order valence-electron chi connectivity index (χ3n) is 3.29. The summed E-state index contributed by atoms with van der Waals surface area (Å²) in [5, 5.41) is 12.0. The molecule has 19 heavy (non-hydrogen) atoms. The van der Waals surface area contributed by atoms with Crippen molar-refractivity contribution < 1.29 is 14.7 Å². The molecule has 1 saturated heterocycles. The Kier molecular flexibility index (Phi) is 3.85. The van der Waals surface area contributed by atoms with Gasteiger partial charge in [0.1, 0.15) is 0 Å². The Morgan fingerprint density at radius 1 is 1.37 bits per heavy atom. The first-order chi connectivity index (χ1) is 8.97. The predicted molar refractivity (Wildman–Crippen MR) is 71.7 cm³/mol. The molecule has 0 bridgehead atoms. The average molecular weight is 262 g/mol. The standard InChI is InChI=1S/C14H18N2O3/c1-9-3-4-10(2)12(7-9)15-13(18)14(19)16-6-5-11(17)8-16/h3-4,7,11,17H,5-6,8H2,1-2H3,(H,15,18)/t11-/m1/s1. The Balaban J connectivity index is 2.04. The lowest BCUT2D eigenvalue weighted by Gasteiger charge is -2.15. The van der Waals surface area contributed by atoms with E-state index in [4.69, 9.17) is 0 Å². The monoisotopic (exact) mass is 262 g/mol. The second kappa shape index (κ2) is 5.40. The topological polar surface area (TPSA) is 69.6 Å². The van der Waals surface area contributed by atoms with Crippen molar-refractivity contribution in [3.63, 3.8) is 0 Å². The number of nitrogens with one attached hydrogen (secondary N) is 1. The summed E-state index contributed by atoms with van der Waals surface area (Å²) >= 11 is 0. The maximum Gasteiger partial charge on any atom is 0.313 e. The van der Waals surface area contributed by atoms with E-state index < -0.39 is 17.9 Å². The second-order valence-electron chi connectivity index (χ2n) is 4.97. The summed E-state index contributed by atoms with van der Waals surface area (Å²) in [7, 11) is 0. The van der Waals surface area contributed by atoms with E-state index in [1.807, 2.05) is 32.0 Å². The fourth-order valence-electron chi connectivity index (χ4n) is 2.12. The summed E-state index contributed by atoms with van der Waals surface area (Å²) in [6.45, 7) is 4.46. The Morgan fingerprint density at radius 2 is 2.11 bits per heavy atom. The van der Waals surface area contributed by atoms with Gasteiger partial charge in [-0.25, -0.2) is 0 Å². The van der Waals surface area contributed by atoms with Crippen LogP contribution in [-0.2, 0) is 9.59 Å². The number of anilines is 1. The van der Waals surface area contributed by atoms with Crippen molar-refractivity contribution in [1.29, 1.82) is 0 Å². The molecule has 1 fully saturated rings. The molecule has 1 atom stereocenters. The average Bonchev–Trinajstić information content (AvgIpc) is 2.79. The van der Waals surface area contributed by atoms with Crippen molar-refractivity contribution >= 4 is 17.5 Å². The van der Waals surface area contributed by atoms with E-state index in [9.17, 15) is 14.7 Å². The van der Waals surface area contributed by atoms with E-state index in [1.54, 1.807) is 0 Å². The minimum atomic E-state index is -0.650. The number of hydrogen-bond acceptors (Lipinski definition) is 3. The molecule has 1 heterocycles. The van der Waals surface area contributed by atoms with Gasteiger partial charge in [0, 0.05) is 18.8 Å². The number of β-amino-alcohol motifs (C(OH)–C–C–N with tert-alkyl or cyclic N) is 1. The number of aryl methyl sites for hydroxylation is 2. The van der Waals surface area contributed by atoms with Crippen LogP contribution in [0.3, 0.4) is 0 Å². The van der Waals surface area contributed by atoms with Crippen LogP contribution in [0.25, 0.3) is 0 Å². The SMILES string of the molecule is Cc1ccc(C)c(NC(=O)C(=O)N2CC[C@@H](O)C2)c1. The number of carbonyl (C=O) groups is 2. The molecule has 2 amide bonds. The van der Waals surface area contributed by atoms with Crippen LogP contribution in [0.4, 0.5) is 5.69 Å². The van der Waals surface area contributed by atoms with Gasteiger partial charge in [0.05, 0.1) is 6.10 Å². The van der Waals surface area contributed by atoms with Gasteiger partial charge in [-0.3, -0.25) is 9.59 Å². The summed E-state index contributed by atoms with van der Waals surface area (Å²) in [5.74, 6) is -1.24. The fourth-order valence-corrected chi connectivity index (χ4v) is 2.12. The van der Waals surface area contributed by atoms with Crippen molar-refractivity contribution in [1.82, 2.24) is 4.90 Å². The first-order valence-corrected chi connectivity index (χ1v) is 6.33. The molecule has 0 aliphatic carbocycles. The van der Waals surface area contributed by atoms with E-state index in [2.05, 4.69) is 5.32 Å². The van der Waals surface area contributed by atoms with Crippen LogP contribution in [-0.4, -0.2) is 41.0 Å². The van der Waals surface area contributed by atoms with Gasteiger partial charge in [0.25, 0.3) is 0 Å². The molecule has 1 aliphatic heterocycles. The number of nitrogens with zero attached hydrogens (tertiary/aromatic N) is 1. The van der Waals surface area contributed by atoms with E-state index in [-0.39, 0.29) is 6.54 Å². The molecule has 0 saturated carbocycles. The molecule has 0 spiro atoms. The van der Waals surface area contributed by atoms with Crippen LogP contribution < -0.4 is 5.32 Å². The van der Waals surface area contributed by atoms with Gasteiger partial charge in [0.15, 0.2) is 0 Å². The molecule has 0 unspecified atom stereocenters.